The van der Waals surface area contributed by atoms with E-state index in [1.165, 1.54) is 28.6 Å². The molecule has 2 aromatic carbocycles. The van der Waals surface area contributed by atoms with Crippen molar-refractivity contribution < 1.29 is 17.9 Å². The number of hydrogen-bond acceptors (Lipinski definition) is 4. The number of methoxy groups -OCH3 is 1. The quantitative estimate of drug-likeness (QED) is 0.784. The molecule has 0 saturated carbocycles. The van der Waals surface area contributed by atoms with Gasteiger partial charge in [-0.05, 0) is 61.4 Å². The van der Waals surface area contributed by atoms with Crippen LogP contribution in [0.2, 0.25) is 0 Å². The Kier molecular flexibility index (Phi) is 6.34. The lowest BCUT2D eigenvalue weighted by Gasteiger charge is -2.15. The molecule has 1 heterocycles. The summed E-state index contributed by atoms with van der Waals surface area (Å²) in [6.07, 6.45) is 1.77. The fraction of sp³-hybridized carbons (Fsp3) is 0.286. The number of sulfonamides is 1. The Balaban J connectivity index is 1.57. The number of carbonyl (C=O) groups is 1. The van der Waals surface area contributed by atoms with Crippen LogP contribution in [-0.4, -0.2) is 45.4 Å². The van der Waals surface area contributed by atoms with Crippen molar-refractivity contribution in [1.29, 1.82) is 0 Å². The van der Waals surface area contributed by atoms with Crippen molar-refractivity contribution in [2.24, 2.45) is 0 Å². The van der Waals surface area contributed by atoms with Crippen LogP contribution in [0.1, 0.15) is 28.8 Å². The Morgan fingerprint density at radius 2 is 1.71 bits per heavy atom. The fourth-order valence-corrected chi connectivity index (χ4v) is 4.42. The molecule has 6 nitrogen and oxygen atoms in total. The first kappa shape index (κ1) is 19.9. The van der Waals surface area contributed by atoms with E-state index in [1.807, 2.05) is 24.3 Å². The van der Waals surface area contributed by atoms with Gasteiger partial charge in [-0.25, -0.2) is 8.42 Å². The molecule has 1 fully saturated rings. The number of nitrogens with one attached hydrogen (secondary N) is 1. The molecule has 2 aromatic rings. The van der Waals surface area contributed by atoms with Gasteiger partial charge in [0.05, 0.1) is 18.6 Å². The minimum absolute atomic E-state index is 0.193. The van der Waals surface area contributed by atoms with Gasteiger partial charge in [-0.15, -0.1) is 0 Å². The van der Waals surface area contributed by atoms with Crippen molar-refractivity contribution in [3.8, 4) is 17.6 Å². The minimum atomic E-state index is -3.47. The standard InChI is InChI=1S/C21H22N2O4S/c1-27-19-10-6-17(7-11-19)5-4-14-22-21(24)18-8-12-20(13-9-18)28(25,26)23-15-2-3-16-23/h6-13H,2-3,14-16H2,1H3,(H,22,24). The summed E-state index contributed by atoms with van der Waals surface area (Å²) >= 11 is 0. The first-order valence-corrected chi connectivity index (χ1v) is 10.5. The molecule has 1 aliphatic rings. The van der Waals surface area contributed by atoms with Crippen LogP contribution in [-0.2, 0) is 10.0 Å². The van der Waals surface area contributed by atoms with E-state index in [9.17, 15) is 13.2 Å². The molecule has 146 valence electrons. The van der Waals surface area contributed by atoms with Gasteiger partial charge in [-0.3, -0.25) is 4.79 Å². The molecular formula is C21H22N2O4S. The van der Waals surface area contributed by atoms with Gasteiger partial charge in [-0.2, -0.15) is 4.31 Å². The molecule has 0 aliphatic carbocycles. The third-order valence-corrected chi connectivity index (χ3v) is 6.39. The highest BCUT2D eigenvalue weighted by Gasteiger charge is 2.27. The lowest BCUT2D eigenvalue weighted by Crippen LogP contribution is -2.28. The zero-order valence-corrected chi connectivity index (χ0v) is 16.5. The second-order valence-electron chi connectivity index (χ2n) is 6.35. The van der Waals surface area contributed by atoms with Crippen molar-refractivity contribution in [1.82, 2.24) is 9.62 Å². The number of rotatable bonds is 5. The third-order valence-electron chi connectivity index (χ3n) is 4.48. The Labute approximate surface area is 165 Å². The highest BCUT2D eigenvalue weighted by molar-refractivity contribution is 7.89. The maximum atomic E-state index is 12.5. The molecule has 1 aliphatic heterocycles. The number of carbonyl (C=O) groups excluding carboxylic acids is 1. The van der Waals surface area contributed by atoms with Gasteiger partial charge in [0.25, 0.3) is 5.91 Å². The van der Waals surface area contributed by atoms with Gasteiger partial charge in [-0.1, -0.05) is 11.8 Å². The SMILES string of the molecule is COc1ccc(C#CCNC(=O)c2ccc(S(=O)(=O)N3CCCC3)cc2)cc1. The number of benzene rings is 2. The van der Waals surface area contributed by atoms with Gasteiger partial charge < -0.3 is 10.1 Å². The third kappa shape index (κ3) is 4.71. The van der Waals surface area contributed by atoms with Crippen molar-refractivity contribution >= 4 is 15.9 Å². The summed E-state index contributed by atoms with van der Waals surface area (Å²) < 4.78 is 31.6. The number of ether oxygens (including phenoxy) is 1. The molecular weight excluding hydrogens is 376 g/mol. The van der Waals surface area contributed by atoms with Crippen LogP contribution in [0.3, 0.4) is 0 Å². The average molecular weight is 398 g/mol. The maximum absolute atomic E-state index is 12.5. The largest absolute Gasteiger partial charge is 0.497 e. The first-order valence-electron chi connectivity index (χ1n) is 9.02. The molecule has 0 aromatic heterocycles. The van der Waals surface area contributed by atoms with E-state index in [0.717, 1.165) is 24.2 Å². The van der Waals surface area contributed by atoms with Crippen LogP contribution >= 0.6 is 0 Å². The molecule has 0 bridgehead atoms. The van der Waals surface area contributed by atoms with Gasteiger partial charge in [0.15, 0.2) is 0 Å². The average Bonchev–Trinajstić information content (AvgIpc) is 3.27. The zero-order valence-electron chi connectivity index (χ0n) is 15.6. The van der Waals surface area contributed by atoms with E-state index in [-0.39, 0.29) is 17.3 Å². The molecule has 7 heteroatoms. The van der Waals surface area contributed by atoms with E-state index >= 15 is 0 Å². The summed E-state index contributed by atoms with van der Waals surface area (Å²) in [5.41, 5.74) is 1.22. The van der Waals surface area contributed by atoms with Crippen LogP contribution in [0.5, 0.6) is 5.75 Å². The molecule has 3 rings (SSSR count). The van der Waals surface area contributed by atoms with Crippen LogP contribution in [0.25, 0.3) is 0 Å². The van der Waals surface area contributed by atoms with E-state index in [2.05, 4.69) is 17.2 Å². The Morgan fingerprint density at radius 1 is 1.07 bits per heavy atom. The van der Waals surface area contributed by atoms with E-state index in [1.54, 1.807) is 7.11 Å². The summed E-state index contributed by atoms with van der Waals surface area (Å²) in [5.74, 6) is 6.31. The summed E-state index contributed by atoms with van der Waals surface area (Å²) in [4.78, 5) is 12.4. The van der Waals surface area contributed by atoms with Crippen molar-refractivity contribution in [3.05, 3.63) is 59.7 Å². The fourth-order valence-electron chi connectivity index (χ4n) is 2.90. The van der Waals surface area contributed by atoms with Crippen molar-refractivity contribution in [2.75, 3.05) is 26.7 Å². The lowest BCUT2D eigenvalue weighted by atomic mass is 10.2. The monoisotopic (exact) mass is 398 g/mol. The van der Waals surface area contributed by atoms with E-state index in [0.29, 0.717) is 18.7 Å². The van der Waals surface area contributed by atoms with E-state index < -0.39 is 10.0 Å². The smallest absolute Gasteiger partial charge is 0.252 e. The zero-order chi connectivity index (χ0) is 20.0. The molecule has 1 amide bonds. The number of nitrogens with zero attached hydrogens (tertiary/aromatic N) is 1. The molecule has 28 heavy (non-hydrogen) atoms. The molecule has 1 N–H and O–H groups in total. The normalized spacial score (nSPS) is 14.2. The number of hydrogen-bond donors (Lipinski definition) is 1. The summed E-state index contributed by atoms with van der Waals surface area (Å²) in [6, 6.07) is 13.3. The predicted molar refractivity (Wildman–Crippen MR) is 107 cm³/mol. The molecule has 0 radical (unpaired) electrons. The molecule has 0 unspecified atom stereocenters. The van der Waals surface area contributed by atoms with Gasteiger partial charge in [0.1, 0.15) is 5.75 Å². The highest BCUT2D eigenvalue weighted by atomic mass is 32.2. The van der Waals surface area contributed by atoms with Gasteiger partial charge >= 0.3 is 0 Å². The predicted octanol–water partition coefficient (Wildman–Crippen LogP) is 2.26. The maximum Gasteiger partial charge on any atom is 0.252 e. The lowest BCUT2D eigenvalue weighted by molar-refractivity contribution is 0.0958. The minimum Gasteiger partial charge on any atom is -0.497 e. The Morgan fingerprint density at radius 3 is 2.32 bits per heavy atom. The van der Waals surface area contributed by atoms with Gasteiger partial charge in [0.2, 0.25) is 10.0 Å². The van der Waals surface area contributed by atoms with Crippen LogP contribution in [0, 0.1) is 11.8 Å². The highest BCUT2D eigenvalue weighted by Crippen LogP contribution is 2.21. The first-order chi connectivity index (χ1) is 13.5. The topological polar surface area (TPSA) is 75.7 Å². The van der Waals surface area contributed by atoms with E-state index in [4.69, 9.17) is 4.74 Å². The summed E-state index contributed by atoms with van der Waals surface area (Å²) in [5, 5.41) is 2.71. The molecule has 0 spiro atoms. The van der Waals surface area contributed by atoms with Crippen molar-refractivity contribution in [2.45, 2.75) is 17.7 Å². The van der Waals surface area contributed by atoms with Crippen molar-refractivity contribution in [3.63, 3.8) is 0 Å². The second-order valence-corrected chi connectivity index (χ2v) is 8.29. The Bertz CT molecular complexity index is 981. The Hall–Kier alpha value is -2.82. The number of amides is 1. The molecule has 0 atom stereocenters. The molecule has 1 saturated heterocycles. The van der Waals surface area contributed by atoms with Crippen LogP contribution in [0.15, 0.2) is 53.4 Å². The summed E-state index contributed by atoms with van der Waals surface area (Å²) in [7, 11) is -1.87. The summed E-state index contributed by atoms with van der Waals surface area (Å²) in [6.45, 7) is 1.30. The van der Waals surface area contributed by atoms with Gasteiger partial charge in [0, 0.05) is 24.2 Å². The second kappa shape index (κ2) is 8.91. The van der Waals surface area contributed by atoms with Crippen LogP contribution in [0.4, 0.5) is 0 Å². The van der Waals surface area contributed by atoms with Crippen LogP contribution < -0.4 is 10.1 Å².